The highest BCUT2D eigenvalue weighted by molar-refractivity contribution is 5.86. The molecule has 0 bridgehead atoms. The highest BCUT2D eigenvalue weighted by Gasteiger charge is 2.18. The van der Waals surface area contributed by atoms with Gasteiger partial charge in [-0.3, -0.25) is 4.99 Å². The average Bonchev–Trinajstić information content (AvgIpc) is 2.46. The SMILES string of the molecule is CN=CC1=Cc2ccccc2[NH+]1[O-]. The summed E-state index contributed by atoms with van der Waals surface area (Å²) in [5, 5.41) is 11.7. The first-order valence-electron chi connectivity index (χ1n) is 4.10. The van der Waals surface area contributed by atoms with Crippen LogP contribution in [0.3, 0.4) is 0 Å². The molecule has 3 heteroatoms. The zero-order chi connectivity index (χ0) is 9.26. The summed E-state index contributed by atoms with van der Waals surface area (Å²) in [7, 11) is 1.66. The predicted molar refractivity (Wildman–Crippen MR) is 52.8 cm³/mol. The van der Waals surface area contributed by atoms with Gasteiger partial charge in [0.05, 0.1) is 6.21 Å². The number of aliphatic imine (C=N–C) groups is 1. The van der Waals surface area contributed by atoms with Crippen molar-refractivity contribution in [3.05, 3.63) is 40.7 Å². The van der Waals surface area contributed by atoms with E-state index >= 15 is 0 Å². The fourth-order valence-electron chi connectivity index (χ4n) is 1.45. The van der Waals surface area contributed by atoms with Crippen LogP contribution in [-0.2, 0) is 0 Å². The Morgan fingerprint density at radius 1 is 1.38 bits per heavy atom. The van der Waals surface area contributed by atoms with Gasteiger partial charge in [0, 0.05) is 24.8 Å². The quantitative estimate of drug-likeness (QED) is 0.495. The van der Waals surface area contributed by atoms with Gasteiger partial charge in [0.25, 0.3) is 0 Å². The van der Waals surface area contributed by atoms with Gasteiger partial charge in [-0.05, 0) is 6.07 Å². The number of hydrogen-bond acceptors (Lipinski definition) is 2. The largest absolute Gasteiger partial charge is 0.623 e. The van der Waals surface area contributed by atoms with Crippen LogP contribution in [0.2, 0.25) is 0 Å². The summed E-state index contributed by atoms with van der Waals surface area (Å²) >= 11 is 0. The second-order valence-corrected chi connectivity index (χ2v) is 2.90. The van der Waals surface area contributed by atoms with Crippen LogP contribution in [-0.4, -0.2) is 13.3 Å². The number of hydrogen-bond donors (Lipinski definition) is 1. The monoisotopic (exact) mass is 174 g/mol. The maximum absolute atomic E-state index is 11.6. The summed E-state index contributed by atoms with van der Waals surface area (Å²) in [6, 6.07) is 7.57. The van der Waals surface area contributed by atoms with E-state index in [-0.39, 0.29) is 5.06 Å². The molecule has 1 aliphatic heterocycles. The molecule has 1 N–H and O–H groups in total. The first-order valence-corrected chi connectivity index (χ1v) is 4.10. The maximum Gasteiger partial charge on any atom is 0.155 e. The molecule has 0 spiro atoms. The third kappa shape index (κ3) is 1.28. The van der Waals surface area contributed by atoms with Crippen LogP contribution in [0.1, 0.15) is 5.56 Å². The Balaban J connectivity index is 2.44. The molecule has 1 aromatic rings. The van der Waals surface area contributed by atoms with Crippen molar-refractivity contribution in [3.63, 3.8) is 0 Å². The third-order valence-electron chi connectivity index (χ3n) is 2.05. The van der Waals surface area contributed by atoms with Crippen molar-refractivity contribution in [2.45, 2.75) is 0 Å². The van der Waals surface area contributed by atoms with Gasteiger partial charge < -0.3 is 10.3 Å². The van der Waals surface area contributed by atoms with Crippen LogP contribution in [0.4, 0.5) is 5.69 Å². The van der Waals surface area contributed by atoms with Crippen LogP contribution in [0.5, 0.6) is 0 Å². The second kappa shape index (κ2) is 3.12. The Hall–Kier alpha value is -1.45. The molecular formula is C10H10N2O. The Bertz CT molecular complexity index is 382. The Morgan fingerprint density at radius 2 is 2.15 bits per heavy atom. The molecule has 1 aromatic carbocycles. The number of nitrogens with zero attached hydrogens (tertiary/aromatic N) is 1. The summed E-state index contributed by atoms with van der Waals surface area (Å²) in [6.45, 7) is 0. The van der Waals surface area contributed by atoms with E-state index in [9.17, 15) is 5.21 Å². The standard InChI is InChI=1S/C10H10N2O/c1-11-7-9-6-8-4-2-3-5-10(8)12(9)13/h2-7,12H,1H3. The zero-order valence-electron chi connectivity index (χ0n) is 7.32. The van der Waals surface area contributed by atoms with E-state index in [1.54, 1.807) is 13.3 Å². The van der Waals surface area contributed by atoms with Gasteiger partial charge in [-0.15, -0.1) is 0 Å². The minimum atomic E-state index is 0.0706. The van der Waals surface area contributed by atoms with E-state index in [2.05, 4.69) is 4.99 Å². The molecule has 0 aromatic heterocycles. The summed E-state index contributed by atoms with van der Waals surface area (Å²) < 4.78 is 0. The van der Waals surface area contributed by atoms with E-state index in [4.69, 9.17) is 0 Å². The van der Waals surface area contributed by atoms with Crippen molar-refractivity contribution >= 4 is 18.0 Å². The normalized spacial score (nSPS) is 20.5. The average molecular weight is 174 g/mol. The van der Waals surface area contributed by atoms with Crippen LogP contribution in [0, 0.1) is 5.21 Å². The minimum absolute atomic E-state index is 0.0706. The first kappa shape index (κ1) is 8.16. The summed E-state index contributed by atoms with van der Waals surface area (Å²) in [4.78, 5) is 3.84. The molecule has 13 heavy (non-hydrogen) atoms. The number of fused-ring (bicyclic) bond motifs is 1. The van der Waals surface area contributed by atoms with Gasteiger partial charge >= 0.3 is 0 Å². The summed E-state index contributed by atoms with van der Waals surface area (Å²) in [5.74, 6) is 0. The van der Waals surface area contributed by atoms with Gasteiger partial charge in [0.2, 0.25) is 0 Å². The lowest BCUT2D eigenvalue weighted by Gasteiger charge is -2.17. The van der Waals surface area contributed by atoms with E-state index in [0.717, 1.165) is 11.3 Å². The topological polar surface area (TPSA) is 39.9 Å². The van der Waals surface area contributed by atoms with Crippen molar-refractivity contribution < 1.29 is 5.06 Å². The lowest BCUT2D eigenvalue weighted by Crippen LogP contribution is -2.99. The highest BCUT2D eigenvalue weighted by Crippen LogP contribution is 2.18. The number of rotatable bonds is 1. The molecule has 1 aliphatic rings. The molecule has 1 unspecified atom stereocenters. The Kier molecular flexibility index (Phi) is 1.96. The van der Waals surface area contributed by atoms with E-state index in [1.165, 1.54) is 0 Å². The van der Waals surface area contributed by atoms with Crippen LogP contribution in [0.15, 0.2) is 35.0 Å². The van der Waals surface area contributed by atoms with E-state index in [0.29, 0.717) is 5.70 Å². The van der Waals surface area contributed by atoms with E-state index < -0.39 is 0 Å². The van der Waals surface area contributed by atoms with Gasteiger partial charge in [0.15, 0.2) is 5.70 Å². The van der Waals surface area contributed by atoms with Crippen LogP contribution in [0.25, 0.3) is 6.08 Å². The molecular weight excluding hydrogens is 164 g/mol. The fraction of sp³-hybridized carbons (Fsp3) is 0.100. The molecule has 0 fully saturated rings. The van der Waals surface area contributed by atoms with Gasteiger partial charge in [-0.25, -0.2) is 0 Å². The Morgan fingerprint density at radius 3 is 2.85 bits per heavy atom. The summed E-state index contributed by atoms with van der Waals surface area (Å²) in [6.07, 6.45) is 3.47. The first-order chi connectivity index (χ1) is 6.33. The van der Waals surface area contributed by atoms with Crippen LogP contribution >= 0.6 is 0 Å². The molecule has 1 atom stereocenters. The van der Waals surface area contributed by atoms with Crippen molar-refractivity contribution in [1.29, 1.82) is 0 Å². The molecule has 0 aliphatic carbocycles. The molecule has 0 saturated heterocycles. The molecule has 0 saturated carbocycles. The maximum atomic E-state index is 11.6. The van der Waals surface area contributed by atoms with Crippen molar-refractivity contribution in [2.24, 2.45) is 4.99 Å². The minimum Gasteiger partial charge on any atom is -0.623 e. The molecule has 1 heterocycles. The summed E-state index contributed by atoms with van der Waals surface area (Å²) in [5.41, 5.74) is 2.43. The number of benzene rings is 1. The fourth-order valence-corrected chi connectivity index (χ4v) is 1.45. The molecule has 66 valence electrons. The number of nitrogens with one attached hydrogen (secondary N) is 1. The van der Waals surface area contributed by atoms with Crippen molar-refractivity contribution in [3.8, 4) is 0 Å². The molecule has 3 nitrogen and oxygen atoms in total. The highest BCUT2D eigenvalue weighted by atomic mass is 16.5. The van der Waals surface area contributed by atoms with Crippen molar-refractivity contribution in [1.82, 2.24) is 0 Å². The molecule has 0 amide bonds. The predicted octanol–water partition coefficient (Wildman–Crippen LogP) is 0.756. The number of quaternary nitrogens is 1. The smallest absolute Gasteiger partial charge is 0.155 e. The zero-order valence-corrected chi connectivity index (χ0v) is 7.32. The molecule has 2 rings (SSSR count). The van der Waals surface area contributed by atoms with Gasteiger partial charge in [-0.1, -0.05) is 12.1 Å². The van der Waals surface area contributed by atoms with E-state index in [1.807, 2.05) is 30.3 Å². The lowest BCUT2D eigenvalue weighted by atomic mass is 10.2. The molecule has 0 radical (unpaired) electrons. The Labute approximate surface area is 76.6 Å². The van der Waals surface area contributed by atoms with Crippen molar-refractivity contribution in [2.75, 3.05) is 7.05 Å². The number of para-hydroxylation sites is 1. The van der Waals surface area contributed by atoms with Crippen LogP contribution < -0.4 is 5.06 Å². The second-order valence-electron chi connectivity index (χ2n) is 2.90. The van der Waals surface area contributed by atoms with Gasteiger partial charge in [0.1, 0.15) is 5.69 Å². The lowest BCUT2D eigenvalue weighted by molar-refractivity contribution is -0.719. The number of hydroxylamine groups is 1. The third-order valence-corrected chi connectivity index (χ3v) is 2.05. The van der Waals surface area contributed by atoms with Gasteiger partial charge in [-0.2, -0.15) is 0 Å². The number of allylic oxidation sites excluding steroid dienone is 1.